The number of ether oxygens (including phenoxy) is 3. The molecule has 1 fully saturated rings. The number of anilines is 1. The number of amides is 1. The summed E-state index contributed by atoms with van der Waals surface area (Å²) < 4.78 is 16.3. The SMILES string of the molecule is COc1cc(C=C2SC(=Nc3ccccc3)N(c3ccccc3)C2=O)cc(OC)c1OC. The molecule has 162 valence electrons. The molecule has 0 aromatic heterocycles. The number of para-hydroxylation sites is 2. The standard InChI is InChI=1S/C25H22N2O4S/c1-29-20-14-17(15-21(30-2)23(20)31-3)16-22-24(28)27(19-12-8-5-9-13-19)25(32-22)26-18-10-6-4-7-11-18/h4-16H,1-3H3. The molecule has 0 N–H and O–H groups in total. The third-order valence-electron chi connectivity index (χ3n) is 4.79. The van der Waals surface area contributed by atoms with Crippen molar-refractivity contribution in [2.45, 2.75) is 0 Å². The molecule has 7 heteroatoms. The van der Waals surface area contributed by atoms with Crippen molar-refractivity contribution in [3.63, 3.8) is 0 Å². The number of benzene rings is 3. The Morgan fingerprint density at radius 1 is 0.844 bits per heavy atom. The van der Waals surface area contributed by atoms with Gasteiger partial charge < -0.3 is 14.2 Å². The lowest BCUT2D eigenvalue weighted by Crippen LogP contribution is -2.28. The molecule has 32 heavy (non-hydrogen) atoms. The van der Waals surface area contributed by atoms with E-state index in [1.54, 1.807) is 44.4 Å². The van der Waals surface area contributed by atoms with Gasteiger partial charge >= 0.3 is 0 Å². The minimum atomic E-state index is -0.148. The molecule has 0 saturated carbocycles. The summed E-state index contributed by atoms with van der Waals surface area (Å²) in [5.74, 6) is 1.39. The Hall–Kier alpha value is -3.71. The molecule has 0 spiro atoms. The molecule has 1 amide bonds. The summed E-state index contributed by atoms with van der Waals surface area (Å²) in [5, 5.41) is 0.589. The van der Waals surface area contributed by atoms with Crippen molar-refractivity contribution in [1.29, 1.82) is 0 Å². The van der Waals surface area contributed by atoms with Crippen molar-refractivity contribution in [2.24, 2.45) is 4.99 Å². The largest absolute Gasteiger partial charge is 0.493 e. The van der Waals surface area contributed by atoms with E-state index >= 15 is 0 Å². The van der Waals surface area contributed by atoms with Crippen molar-refractivity contribution in [1.82, 2.24) is 0 Å². The summed E-state index contributed by atoms with van der Waals surface area (Å²) in [4.78, 5) is 20.3. The summed E-state index contributed by atoms with van der Waals surface area (Å²) in [6.07, 6.45) is 1.81. The zero-order valence-corrected chi connectivity index (χ0v) is 18.8. The van der Waals surface area contributed by atoms with Gasteiger partial charge in [0, 0.05) is 0 Å². The van der Waals surface area contributed by atoms with Crippen LogP contribution in [0.25, 0.3) is 6.08 Å². The second kappa shape index (κ2) is 9.62. The topological polar surface area (TPSA) is 60.4 Å². The van der Waals surface area contributed by atoms with Crippen molar-refractivity contribution >= 4 is 40.3 Å². The number of methoxy groups -OCH3 is 3. The van der Waals surface area contributed by atoms with Crippen molar-refractivity contribution in [3.8, 4) is 17.2 Å². The van der Waals surface area contributed by atoms with E-state index in [1.807, 2.05) is 60.7 Å². The van der Waals surface area contributed by atoms with E-state index in [-0.39, 0.29) is 5.91 Å². The quantitative estimate of drug-likeness (QED) is 0.467. The highest BCUT2D eigenvalue weighted by atomic mass is 32.2. The van der Waals surface area contributed by atoms with Gasteiger partial charge in [0.05, 0.1) is 37.6 Å². The van der Waals surface area contributed by atoms with Crippen molar-refractivity contribution < 1.29 is 19.0 Å². The van der Waals surface area contributed by atoms with E-state index < -0.39 is 0 Å². The van der Waals surface area contributed by atoms with Gasteiger partial charge in [-0.25, -0.2) is 4.99 Å². The minimum absolute atomic E-state index is 0.148. The Morgan fingerprint density at radius 2 is 1.44 bits per heavy atom. The van der Waals surface area contributed by atoms with Gasteiger partial charge in [-0.05, 0) is 59.8 Å². The fraction of sp³-hybridized carbons (Fsp3) is 0.120. The predicted molar refractivity (Wildman–Crippen MR) is 129 cm³/mol. The maximum atomic E-state index is 13.4. The molecule has 3 aromatic carbocycles. The number of amidine groups is 1. The van der Waals surface area contributed by atoms with Crippen molar-refractivity contribution in [3.05, 3.63) is 83.3 Å². The van der Waals surface area contributed by atoms with Gasteiger partial charge in [-0.1, -0.05) is 36.4 Å². The molecular formula is C25H22N2O4S. The van der Waals surface area contributed by atoms with Gasteiger partial charge in [0.15, 0.2) is 16.7 Å². The van der Waals surface area contributed by atoms with Crippen LogP contribution in [0.2, 0.25) is 0 Å². The summed E-state index contributed by atoms with van der Waals surface area (Å²) in [7, 11) is 4.68. The Bertz CT molecular complexity index is 1150. The van der Waals surface area contributed by atoms with E-state index in [0.717, 1.165) is 16.9 Å². The summed E-state index contributed by atoms with van der Waals surface area (Å²) in [5.41, 5.74) is 2.29. The lowest BCUT2D eigenvalue weighted by Gasteiger charge is -2.15. The molecule has 0 aliphatic carbocycles. The highest BCUT2D eigenvalue weighted by Crippen LogP contribution is 2.41. The van der Waals surface area contributed by atoms with Gasteiger partial charge in [-0.3, -0.25) is 9.69 Å². The highest BCUT2D eigenvalue weighted by Gasteiger charge is 2.34. The second-order valence-electron chi connectivity index (χ2n) is 6.78. The minimum Gasteiger partial charge on any atom is -0.493 e. The first-order valence-corrected chi connectivity index (χ1v) is 10.7. The highest BCUT2D eigenvalue weighted by molar-refractivity contribution is 8.19. The molecule has 0 unspecified atom stereocenters. The Labute approximate surface area is 191 Å². The fourth-order valence-electron chi connectivity index (χ4n) is 3.30. The zero-order chi connectivity index (χ0) is 22.5. The van der Waals surface area contributed by atoms with Gasteiger partial charge in [0.25, 0.3) is 5.91 Å². The van der Waals surface area contributed by atoms with Gasteiger partial charge in [-0.15, -0.1) is 0 Å². The van der Waals surface area contributed by atoms with Crippen LogP contribution in [-0.2, 0) is 4.79 Å². The Morgan fingerprint density at radius 3 is 2.00 bits per heavy atom. The number of nitrogens with zero attached hydrogens (tertiary/aromatic N) is 2. The fourth-order valence-corrected chi connectivity index (χ4v) is 4.30. The first-order chi connectivity index (χ1) is 15.6. The number of aliphatic imine (C=N–C) groups is 1. The predicted octanol–water partition coefficient (Wildman–Crippen LogP) is 5.52. The molecule has 4 rings (SSSR count). The van der Waals surface area contributed by atoms with Crippen LogP contribution in [0.5, 0.6) is 17.2 Å². The first kappa shape index (κ1) is 21.5. The van der Waals surface area contributed by atoms with Crippen LogP contribution in [0.15, 0.2) is 82.7 Å². The molecule has 1 saturated heterocycles. The molecule has 1 heterocycles. The second-order valence-corrected chi connectivity index (χ2v) is 7.78. The number of carbonyl (C=O) groups excluding carboxylic acids is 1. The summed E-state index contributed by atoms with van der Waals surface area (Å²) in [6, 6.07) is 22.7. The van der Waals surface area contributed by atoms with E-state index in [4.69, 9.17) is 19.2 Å². The molecule has 0 atom stereocenters. The monoisotopic (exact) mass is 446 g/mol. The lowest BCUT2D eigenvalue weighted by atomic mass is 10.1. The third kappa shape index (κ3) is 4.33. The van der Waals surface area contributed by atoms with Crippen molar-refractivity contribution in [2.75, 3.05) is 26.2 Å². The number of carbonyl (C=O) groups is 1. The van der Waals surface area contributed by atoms with Gasteiger partial charge in [-0.2, -0.15) is 0 Å². The lowest BCUT2D eigenvalue weighted by molar-refractivity contribution is -0.113. The first-order valence-electron chi connectivity index (χ1n) is 9.87. The van der Waals surface area contributed by atoms with E-state index in [0.29, 0.717) is 27.3 Å². The van der Waals surface area contributed by atoms with E-state index in [9.17, 15) is 4.79 Å². The Kier molecular flexibility index (Phi) is 6.47. The van der Waals surface area contributed by atoms with Crippen LogP contribution in [0, 0.1) is 0 Å². The zero-order valence-electron chi connectivity index (χ0n) is 17.9. The van der Waals surface area contributed by atoms with Crippen LogP contribution in [0.1, 0.15) is 5.56 Å². The summed E-state index contributed by atoms with van der Waals surface area (Å²) in [6.45, 7) is 0. The maximum Gasteiger partial charge on any atom is 0.271 e. The summed E-state index contributed by atoms with van der Waals surface area (Å²) >= 11 is 1.32. The number of thioether (sulfide) groups is 1. The number of hydrogen-bond donors (Lipinski definition) is 0. The van der Waals surface area contributed by atoms with E-state index in [2.05, 4.69) is 0 Å². The van der Waals surface area contributed by atoms with Crippen LogP contribution < -0.4 is 19.1 Å². The number of hydrogen-bond acceptors (Lipinski definition) is 6. The smallest absolute Gasteiger partial charge is 0.271 e. The molecule has 6 nitrogen and oxygen atoms in total. The maximum absolute atomic E-state index is 13.4. The third-order valence-corrected chi connectivity index (χ3v) is 5.76. The number of rotatable bonds is 6. The van der Waals surface area contributed by atoms with Gasteiger partial charge in [0.2, 0.25) is 5.75 Å². The average Bonchev–Trinajstić information content (AvgIpc) is 3.13. The van der Waals surface area contributed by atoms with Crippen LogP contribution in [0.4, 0.5) is 11.4 Å². The van der Waals surface area contributed by atoms with Crippen LogP contribution >= 0.6 is 11.8 Å². The molecule has 1 aliphatic heterocycles. The molecule has 1 aliphatic rings. The normalized spacial score (nSPS) is 16.0. The molecule has 3 aromatic rings. The Balaban J connectivity index is 1.78. The average molecular weight is 447 g/mol. The van der Waals surface area contributed by atoms with E-state index in [1.165, 1.54) is 11.8 Å². The molecule has 0 bridgehead atoms. The van der Waals surface area contributed by atoms with Crippen LogP contribution in [-0.4, -0.2) is 32.4 Å². The molecular weight excluding hydrogens is 424 g/mol. The molecule has 0 radical (unpaired) electrons. The van der Waals surface area contributed by atoms with Gasteiger partial charge in [0.1, 0.15) is 0 Å². The van der Waals surface area contributed by atoms with Crippen LogP contribution in [0.3, 0.4) is 0 Å².